The van der Waals surface area contributed by atoms with Crippen LogP contribution in [0.2, 0.25) is 0 Å². The van der Waals surface area contributed by atoms with Crippen molar-refractivity contribution in [3.05, 3.63) is 48.0 Å². The summed E-state index contributed by atoms with van der Waals surface area (Å²) in [6.07, 6.45) is 1.04. The van der Waals surface area contributed by atoms with E-state index < -0.39 is 19.1 Å². The fraction of sp³-hybridized carbons (Fsp3) is 0.421. The summed E-state index contributed by atoms with van der Waals surface area (Å²) < 4.78 is 0. The molecule has 2 atom stereocenters. The van der Waals surface area contributed by atoms with Crippen LogP contribution in [0.5, 0.6) is 0 Å². The van der Waals surface area contributed by atoms with E-state index in [0.29, 0.717) is 12.8 Å². The quantitative estimate of drug-likeness (QED) is 0.529. The summed E-state index contributed by atoms with van der Waals surface area (Å²) in [4.78, 5) is 12.6. The lowest BCUT2D eigenvalue weighted by molar-refractivity contribution is -0.123. The molecule has 0 aliphatic rings. The summed E-state index contributed by atoms with van der Waals surface area (Å²) in [5, 5.41) is 27.1. The van der Waals surface area contributed by atoms with Gasteiger partial charge in [0, 0.05) is 0 Å². The number of benzene rings is 2. The minimum atomic E-state index is -1.57. The molecule has 0 saturated heterocycles. The number of carbonyl (C=O) groups is 1. The van der Waals surface area contributed by atoms with Crippen LogP contribution in [0.1, 0.15) is 25.8 Å². The third-order valence-corrected chi connectivity index (χ3v) is 4.38. The first-order valence-corrected chi connectivity index (χ1v) is 8.72. The van der Waals surface area contributed by atoms with E-state index in [4.69, 9.17) is 0 Å². The molecule has 2 rings (SSSR count). The fourth-order valence-electron chi connectivity index (χ4n) is 3.06. The van der Waals surface area contributed by atoms with E-state index in [1.54, 1.807) is 7.05 Å². The molecule has 26 heavy (non-hydrogen) atoms. The third-order valence-electron chi connectivity index (χ3n) is 4.38. The van der Waals surface area contributed by atoms with Gasteiger partial charge in [-0.15, -0.1) is 12.4 Å². The van der Waals surface area contributed by atoms with E-state index >= 15 is 0 Å². The van der Waals surface area contributed by atoms with Crippen molar-refractivity contribution >= 4 is 36.2 Å². The number of halogens is 1. The van der Waals surface area contributed by atoms with Crippen molar-refractivity contribution in [1.82, 2.24) is 10.6 Å². The van der Waals surface area contributed by atoms with E-state index in [1.165, 1.54) is 0 Å². The Balaban J connectivity index is 0.00000338. The van der Waals surface area contributed by atoms with Crippen LogP contribution in [0.25, 0.3) is 10.8 Å². The number of nitrogens with one attached hydrogen (secondary N) is 2. The highest BCUT2D eigenvalue weighted by atomic mass is 35.5. The molecule has 1 amide bonds. The third kappa shape index (κ3) is 5.99. The molecule has 7 heteroatoms. The summed E-state index contributed by atoms with van der Waals surface area (Å²) in [6, 6.07) is 13.7. The molecule has 0 aliphatic heterocycles. The molecule has 0 bridgehead atoms. The first-order valence-electron chi connectivity index (χ1n) is 8.72. The highest BCUT2D eigenvalue weighted by Crippen LogP contribution is 2.20. The number of carbonyl (C=O) groups excluding carboxylic acids is 1. The van der Waals surface area contributed by atoms with Gasteiger partial charge in [-0.25, -0.2) is 0 Å². The van der Waals surface area contributed by atoms with Gasteiger partial charge in [-0.2, -0.15) is 0 Å². The van der Waals surface area contributed by atoms with Crippen molar-refractivity contribution in [2.75, 3.05) is 7.05 Å². The molecule has 4 N–H and O–H groups in total. The molecule has 0 spiro atoms. The van der Waals surface area contributed by atoms with E-state index in [0.717, 1.165) is 16.3 Å². The summed E-state index contributed by atoms with van der Waals surface area (Å²) in [7, 11) is 0.170. The van der Waals surface area contributed by atoms with Gasteiger partial charge in [-0.3, -0.25) is 4.79 Å². The lowest BCUT2D eigenvalue weighted by atomic mass is 9.75. The molecule has 0 aliphatic carbocycles. The van der Waals surface area contributed by atoms with Gasteiger partial charge in [0.15, 0.2) is 0 Å². The first kappa shape index (κ1) is 22.4. The first-order chi connectivity index (χ1) is 11.9. The summed E-state index contributed by atoms with van der Waals surface area (Å²) in [5.74, 6) is -0.650. The number of fused-ring (bicyclic) bond motifs is 1. The van der Waals surface area contributed by atoms with Gasteiger partial charge in [0.25, 0.3) is 0 Å². The van der Waals surface area contributed by atoms with Crippen molar-refractivity contribution in [1.29, 1.82) is 0 Å². The Morgan fingerprint density at radius 3 is 2.38 bits per heavy atom. The molecular weight excluding hydrogens is 350 g/mol. The van der Waals surface area contributed by atoms with Gasteiger partial charge in [-0.05, 0) is 42.1 Å². The van der Waals surface area contributed by atoms with Crippen LogP contribution in [0.3, 0.4) is 0 Å². The lowest BCUT2D eigenvalue weighted by Gasteiger charge is -2.23. The number of amides is 1. The SMILES string of the molecule is CN[C@@H](Cc1cccc2ccccc12)C(=O)N[C@@H](CC(C)C)B(O)O.Cl. The smallest absolute Gasteiger partial charge is 0.426 e. The second kappa shape index (κ2) is 10.5. The fourth-order valence-corrected chi connectivity index (χ4v) is 3.06. The number of rotatable bonds is 8. The Hall–Kier alpha value is -1.60. The van der Waals surface area contributed by atoms with Crippen LogP contribution in [0, 0.1) is 5.92 Å². The van der Waals surface area contributed by atoms with E-state index in [1.807, 2.05) is 56.3 Å². The molecule has 0 radical (unpaired) electrons. The molecule has 142 valence electrons. The van der Waals surface area contributed by atoms with Gasteiger partial charge < -0.3 is 20.7 Å². The number of hydrogen-bond donors (Lipinski definition) is 4. The van der Waals surface area contributed by atoms with Crippen molar-refractivity contribution in [2.45, 2.75) is 38.7 Å². The molecule has 0 heterocycles. The van der Waals surface area contributed by atoms with Gasteiger partial charge in [0.1, 0.15) is 0 Å². The van der Waals surface area contributed by atoms with Gasteiger partial charge in [-0.1, -0.05) is 56.3 Å². The molecule has 0 saturated carbocycles. The maximum Gasteiger partial charge on any atom is 0.475 e. The van der Waals surface area contributed by atoms with Crippen LogP contribution in [-0.2, 0) is 11.2 Å². The molecule has 2 aromatic rings. The standard InChI is InChI=1S/C19H27BN2O3.ClH/c1-13(2)11-18(20(24)25)22-19(23)17(21-3)12-15-9-6-8-14-7-4-5-10-16(14)15;/h4-10,13,17-18,21,24-25H,11-12H2,1-3H3,(H,22,23);1H/t17-,18-;/m0./s1. The average molecular weight is 379 g/mol. The normalized spacial score (nSPS) is 13.2. The predicted octanol–water partition coefficient (Wildman–Crippen LogP) is 1.94. The Kier molecular flexibility index (Phi) is 9.09. The summed E-state index contributed by atoms with van der Waals surface area (Å²) >= 11 is 0. The Morgan fingerprint density at radius 1 is 1.12 bits per heavy atom. The van der Waals surface area contributed by atoms with E-state index in [-0.39, 0.29) is 24.2 Å². The van der Waals surface area contributed by atoms with Crippen LogP contribution >= 0.6 is 12.4 Å². The second-order valence-corrected chi connectivity index (χ2v) is 6.84. The Bertz CT molecular complexity index is 707. The minimum absolute atomic E-state index is 0. The molecule has 5 nitrogen and oxygen atoms in total. The largest absolute Gasteiger partial charge is 0.475 e. The molecule has 0 aromatic heterocycles. The monoisotopic (exact) mass is 378 g/mol. The van der Waals surface area contributed by atoms with E-state index in [9.17, 15) is 14.8 Å². The zero-order valence-corrected chi connectivity index (χ0v) is 16.3. The van der Waals surface area contributed by atoms with Crippen LogP contribution in [-0.4, -0.2) is 42.1 Å². The Morgan fingerprint density at radius 2 is 1.77 bits per heavy atom. The number of likely N-dealkylation sites (N-methyl/N-ethyl adjacent to an activating group) is 1. The van der Waals surface area contributed by atoms with Crippen molar-refractivity contribution < 1.29 is 14.8 Å². The Labute approximate surface area is 161 Å². The maximum absolute atomic E-state index is 12.6. The maximum atomic E-state index is 12.6. The van der Waals surface area contributed by atoms with Crippen LogP contribution in [0.4, 0.5) is 0 Å². The van der Waals surface area contributed by atoms with Crippen LogP contribution in [0.15, 0.2) is 42.5 Å². The number of hydrogen-bond acceptors (Lipinski definition) is 4. The molecule has 0 unspecified atom stereocenters. The highest BCUT2D eigenvalue weighted by molar-refractivity contribution is 6.43. The zero-order valence-electron chi connectivity index (χ0n) is 15.5. The van der Waals surface area contributed by atoms with E-state index in [2.05, 4.69) is 10.6 Å². The predicted molar refractivity (Wildman–Crippen MR) is 109 cm³/mol. The van der Waals surface area contributed by atoms with Crippen molar-refractivity contribution in [2.24, 2.45) is 5.92 Å². The highest BCUT2D eigenvalue weighted by Gasteiger charge is 2.28. The topological polar surface area (TPSA) is 81.6 Å². The minimum Gasteiger partial charge on any atom is -0.426 e. The zero-order chi connectivity index (χ0) is 18.4. The van der Waals surface area contributed by atoms with Crippen molar-refractivity contribution in [3.63, 3.8) is 0 Å². The molecule has 2 aromatic carbocycles. The van der Waals surface area contributed by atoms with Gasteiger partial charge in [0.2, 0.25) is 5.91 Å². The summed E-state index contributed by atoms with van der Waals surface area (Å²) in [6.45, 7) is 3.96. The summed E-state index contributed by atoms with van der Waals surface area (Å²) in [5.41, 5.74) is 1.08. The van der Waals surface area contributed by atoms with Crippen LogP contribution < -0.4 is 10.6 Å². The lowest BCUT2D eigenvalue weighted by Crippen LogP contribution is -2.53. The van der Waals surface area contributed by atoms with Crippen molar-refractivity contribution in [3.8, 4) is 0 Å². The van der Waals surface area contributed by atoms with Gasteiger partial charge >= 0.3 is 7.12 Å². The molecule has 0 fully saturated rings. The van der Waals surface area contributed by atoms with Gasteiger partial charge in [0.05, 0.1) is 12.0 Å². The average Bonchev–Trinajstić information content (AvgIpc) is 2.58. The molecular formula is C19H28BClN2O3. The second-order valence-electron chi connectivity index (χ2n) is 6.84.